The first-order valence-electron chi connectivity index (χ1n) is 25.9. The largest absolute Gasteiger partial charge is 0.462 e. The summed E-state index contributed by atoms with van der Waals surface area (Å²) in [6, 6.07) is -2.93. The minimum absolute atomic E-state index is 0.154. The van der Waals surface area contributed by atoms with Gasteiger partial charge in [-0.2, -0.15) is 0 Å². The second-order valence-electron chi connectivity index (χ2n) is 20.5. The molecule has 3 fully saturated rings. The molecule has 23 nitrogen and oxygen atoms in total. The normalized spacial score (nSPS) is 46.7. The number of ether oxygens (including phenoxy) is 5. The molecule has 4 rings (SSSR count). The zero-order chi connectivity index (χ0) is 56.4. The third kappa shape index (κ3) is 19.6. The van der Waals surface area contributed by atoms with Gasteiger partial charge in [-0.15, -0.1) is 0 Å². The molecule has 0 spiro atoms. The van der Waals surface area contributed by atoms with Gasteiger partial charge in [-0.25, -0.2) is 0 Å². The summed E-state index contributed by atoms with van der Waals surface area (Å²) in [4.78, 5) is 26.9. The van der Waals surface area contributed by atoms with Crippen molar-refractivity contribution in [1.29, 1.82) is 0 Å². The number of allylic oxidation sites excluding steroid dienone is 12. The highest BCUT2D eigenvalue weighted by atomic mass is 16.7. The van der Waals surface area contributed by atoms with E-state index in [1.54, 1.807) is 92.8 Å². The molecule has 4 heterocycles. The van der Waals surface area contributed by atoms with Crippen LogP contribution >= 0.6 is 0 Å². The van der Waals surface area contributed by atoms with Crippen molar-refractivity contribution in [3.05, 3.63) is 85.1 Å². The van der Waals surface area contributed by atoms with Crippen LogP contribution in [0.4, 0.5) is 0 Å². The van der Waals surface area contributed by atoms with Crippen molar-refractivity contribution in [1.82, 2.24) is 5.32 Å². The van der Waals surface area contributed by atoms with Gasteiger partial charge >= 0.3 is 5.97 Å². The smallest absolute Gasteiger partial charge is 0.308 e. The number of aliphatic hydroxyl groups excluding tert-OH is 13. The molecule has 3 saturated heterocycles. The van der Waals surface area contributed by atoms with Gasteiger partial charge in [0.1, 0.15) is 36.6 Å². The van der Waals surface area contributed by atoms with Crippen LogP contribution in [0.1, 0.15) is 79.1 Å². The Morgan fingerprint density at radius 2 is 1.25 bits per heavy atom. The standard InChI is InChI=1S/C53H84N2O21/c1-28-17-15-13-11-9-7-5-6-8-10-12-14-16-18-35(74-52-48(67)43(54)46(65)31(4)73-52)24-39-42(50(69)55-44-49(68)47(66)40(27-56)75-51(44)70)38(62)26-53(71,76-39)25-34(59)22-37(61)36(60)20-19-32(57)21-33(58)23-41(63)72-30(3)29(2)45(28)64/h5-18,28-40,42-49,51-52,56-62,64-68,70-71H,19-27,54H2,1-4H3,(H,55,69)/b6-5+,9-7+,10-8+,13-11+,14-12+,17-15+,18-16+/t28-,29-,30-,31+,32?,33?,34?,35?,36?,37?,38-,39-,40?,42?,43-,44?,45?,46?,47?,48-,49?,51?,52-,53?/m0/s1. The first kappa shape index (κ1) is 64.9. The number of nitrogens with one attached hydrogen (secondary N) is 1. The zero-order valence-electron chi connectivity index (χ0n) is 43.4. The van der Waals surface area contributed by atoms with Crippen LogP contribution in [0.25, 0.3) is 0 Å². The summed E-state index contributed by atoms with van der Waals surface area (Å²) in [7, 11) is 0. The highest BCUT2D eigenvalue weighted by Gasteiger charge is 2.53. The summed E-state index contributed by atoms with van der Waals surface area (Å²) in [5.41, 5.74) is 6.10. The number of amides is 1. The molecule has 2 bridgehead atoms. The van der Waals surface area contributed by atoms with E-state index in [9.17, 15) is 81.1 Å². The van der Waals surface area contributed by atoms with Crippen molar-refractivity contribution < 1.29 is 105 Å². The van der Waals surface area contributed by atoms with Crippen LogP contribution in [0.3, 0.4) is 0 Å². The summed E-state index contributed by atoms with van der Waals surface area (Å²) >= 11 is 0. The summed E-state index contributed by atoms with van der Waals surface area (Å²) in [6.45, 7) is 5.88. The van der Waals surface area contributed by atoms with Gasteiger partial charge in [0.2, 0.25) is 5.91 Å². The number of fused-ring (bicyclic) bond motifs is 2. The SMILES string of the molecule is C[C@@H]1OC(=O)CC(O)CC(O)CCC(O)C(O)CC(O)CC2(O)C[C@H](O)C(C(=O)NC3C(O)OC(CO)C(O)C3O)[C@H](CC(O[C@@H]3O[C@H](C)C(O)[C@H](N)[C@@H]3O)/C=C/C=C/C=C/C=C/C=C/C=C/C=C/[C@H](C)C(O)[C@H]1C)O2. The minimum atomic E-state index is -2.46. The van der Waals surface area contributed by atoms with Gasteiger partial charge in [0.15, 0.2) is 18.4 Å². The van der Waals surface area contributed by atoms with Crippen molar-refractivity contribution in [2.75, 3.05) is 6.61 Å². The molecule has 0 radical (unpaired) electrons. The fraction of sp³-hybridized carbons (Fsp3) is 0.698. The van der Waals surface area contributed by atoms with Gasteiger partial charge in [-0.05, 0) is 33.1 Å². The molecular formula is C53H84N2O21. The molecular weight excluding hydrogens is 1000 g/mol. The number of esters is 1. The Balaban J connectivity index is 1.65. The Morgan fingerprint density at radius 1 is 0.658 bits per heavy atom. The van der Waals surface area contributed by atoms with E-state index >= 15 is 0 Å². The Hall–Kier alpha value is -3.64. The summed E-state index contributed by atoms with van der Waals surface area (Å²) in [5.74, 6) is -6.76. The van der Waals surface area contributed by atoms with E-state index in [4.69, 9.17) is 29.4 Å². The molecule has 0 aliphatic carbocycles. The molecule has 17 N–H and O–H groups in total. The van der Waals surface area contributed by atoms with Gasteiger partial charge in [-0.1, -0.05) is 98.9 Å². The lowest BCUT2D eigenvalue weighted by Gasteiger charge is -2.47. The monoisotopic (exact) mass is 1080 g/mol. The van der Waals surface area contributed by atoms with E-state index in [1.807, 2.05) is 6.92 Å². The summed E-state index contributed by atoms with van der Waals surface area (Å²) < 4.78 is 28.8. The summed E-state index contributed by atoms with van der Waals surface area (Å²) in [5, 5.41) is 154. The molecule has 0 aromatic heterocycles. The average Bonchev–Trinajstić information content (AvgIpc) is 3.34. The lowest BCUT2D eigenvalue weighted by molar-refractivity contribution is -0.307. The molecule has 76 heavy (non-hydrogen) atoms. The molecule has 1 amide bonds. The van der Waals surface area contributed by atoms with Crippen LogP contribution in [-0.2, 0) is 33.3 Å². The second-order valence-corrected chi connectivity index (χ2v) is 20.5. The number of rotatable bonds is 5. The van der Waals surface area contributed by atoms with E-state index in [-0.39, 0.29) is 25.2 Å². The van der Waals surface area contributed by atoms with Gasteiger partial charge in [0.25, 0.3) is 0 Å². The van der Waals surface area contributed by atoms with E-state index in [0.29, 0.717) is 0 Å². The molecule has 4 aliphatic heterocycles. The van der Waals surface area contributed by atoms with E-state index < -0.39 is 191 Å². The van der Waals surface area contributed by atoms with Crippen molar-refractivity contribution in [2.45, 2.75) is 207 Å². The Morgan fingerprint density at radius 3 is 1.86 bits per heavy atom. The van der Waals surface area contributed by atoms with E-state index in [1.165, 1.54) is 13.0 Å². The molecule has 24 atom stereocenters. The van der Waals surface area contributed by atoms with Crippen LogP contribution in [-0.4, -0.2) is 218 Å². The maximum Gasteiger partial charge on any atom is 0.308 e. The Labute approximate surface area is 443 Å². The van der Waals surface area contributed by atoms with Gasteiger partial charge in [0, 0.05) is 37.5 Å². The molecule has 23 heteroatoms. The summed E-state index contributed by atoms with van der Waals surface area (Å²) in [6.07, 6.45) is -5.57. The predicted molar refractivity (Wildman–Crippen MR) is 271 cm³/mol. The second kappa shape index (κ2) is 31.2. The van der Waals surface area contributed by atoms with Crippen molar-refractivity contribution in [3.8, 4) is 0 Å². The number of hydrogen-bond donors (Lipinski definition) is 16. The maximum absolute atomic E-state index is 14.2. The van der Waals surface area contributed by atoms with Gasteiger partial charge in [-0.3, -0.25) is 9.59 Å². The predicted octanol–water partition coefficient (Wildman–Crippen LogP) is -2.46. The first-order chi connectivity index (χ1) is 35.9. The molecule has 432 valence electrons. The first-order valence-corrected chi connectivity index (χ1v) is 25.9. The Kier molecular flexibility index (Phi) is 26.7. The van der Waals surface area contributed by atoms with Crippen LogP contribution in [0, 0.1) is 17.8 Å². The third-order valence-corrected chi connectivity index (χ3v) is 14.2. The third-order valence-electron chi connectivity index (χ3n) is 14.2. The number of hydrogen-bond acceptors (Lipinski definition) is 22. The van der Waals surface area contributed by atoms with Crippen LogP contribution in [0.2, 0.25) is 0 Å². The Bertz CT molecular complexity index is 1990. The molecule has 15 unspecified atom stereocenters. The number of carbonyl (C=O) groups is 2. The lowest BCUT2D eigenvalue weighted by atomic mass is 9.81. The molecule has 4 aliphatic rings. The topological polar surface area (TPSA) is 402 Å². The van der Waals surface area contributed by atoms with E-state index in [2.05, 4.69) is 5.32 Å². The molecule has 0 aromatic carbocycles. The number of carbonyl (C=O) groups excluding carboxylic acids is 2. The van der Waals surface area contributed by atoms with Crippen LogP contribution < -0.4 is 11.1 Å². The number of cyclic esters (lactones) is 1. The number of aliphatic hydroxyl groups is 14. The minimum Gasteiger partial charge on any atom is -0.462 e. The maximum atomic E-state index is 14.2. The fourth-order valence-electron chi connectivity index (χ4n) is 9.50. The highest BCUT2D eigenvalue weighted by Crippen LogP contribution is 2.39. The van der Waals surface area contributed by atoms with Crippen molar-refractivity contribution >= 4 is 11.9 Å². The van der Waals surface area contributed by atoms with Crippen LogP contribution in [0.5, 0.6) is 0 Å². The molecule has 0 aromatic rings. The van der Waals surface area contributed by atoms with Gasteiger partial charge in [0.05, 0.1) is 92.1 Å². The quantitative estimate of drug-likeness (QED) is 0.127. The fourth-order valence-corrected chi connectivity index (χ4v) is 9.50. The van der Waals surface area contributed by atoms with Crippen molar-refractivity contribution in [3.63, 3.8) is 0 Å². The van der Waals surface area contributed by atoms with Crippen molar-refractivity contribution in [2.24, 2.45) is 23.5 Å². The average molecular weight is 1090 g/mol. The number of nitrogens with two attached hydrogens (primary N) is 1. The van der Waals surface area contributed by atoms with Gasteiger partial charge < -0.3 is 106 Å². The zero-order valence-corrected chi connectivity index (χ0v) is 43.4. The van der Waals surface area contributed by atoms with Crippen LogP contribution in [0.15, 0.2) is 85.1 Å². The lowest BCUT2D eigenvalue weighted by Crippen LogP contribution is -2.66. The molecule has 0 saturated carbocycles. The van der Waals surface area contributed by atoms with E-state index in [0.717, 1.165) is 0 Å². The highest BCUT2D eigenvalue weighted by molar-refractivity contribution is 5.80.